The number of carbonyl (C=O) groups is 1. The van der Waals surface area contributed by atoms with Crippen LogP contribution in [0.4, 0.5) is 0 Å². The van der Waals surface area contributed by atoms with Gasteiger partial charge in [-0.1, -0.05) is 6.92 Å². The highest BCUT2D eigenvalue weighted by atomic mass is 16.5. The van der Waals surface area contributed by atoms with Crippen molar-refractivity contribution in [3.8, 4) is 12.3 Å². The molecule has 0 rings (SSSR count). The predicted molar refractivity (Wildman–Crippen MR) is 56.8 cm³/mol. The minimum atomic E-state index is -0.190. The molecule has 0 saturated carbocycles. The molecule has 3 heteroatoms. The fraction of sp³-hybridized carbons (Fsp3) is 0.727. The maximum Gasteiger partial charge on any atom is 0.322 e. The zero-order valence-corrected chi connectivity index (χ0v) is 9.01. The van der Waals surface area contributed by atoms with Gasteiger partial charge in [0.05, 0.1) is 7.11 Å². The summed E-state index contributed by atoms with van der Waals surface area (Å²) in [4.78, 5) is 11.1. The molecule has 0 aromatic heterocycles. The summed E-state index contributed by atoms with van der Waals surface area (Å²) in [5.74, 6) is 2.39. The lowest BCUT2D eigenvalue weighted by Crippen LogP contribution is -2.37. The van der Waals surface area contributed by atoms with Crippen molar-refractivity contribution in [1.82, 2.24) is 5.32 Å². The molecule has 1 atom stereocenters. The minimum Gasteiger partial charge on any atom is -0.468 e. The number of ether oxygens (including phenoxy) is 1. The molecule has 0 aliphatic rings. The minimum absolute atomic E-state index is 0.175. The van der Waals surface area contributed by atoms with Crippen LogP contribution < -0.4 is 5.32 Å². The first-order valence-electron chi connectivity index (χ1n) is 5.00. The quantitative estimate of drug-likeness (QED) is 0.380. The molecule has 0 amide bonds. The molecule has 0 bridgehead atoms. The van der Waals surface area contributed by atoms with E-state index in [1.165, 1.54) is 7.11 Å². The Morgan fingerprint density at radius 1 is 1.57 bits per heavy atom. The van der Waals surface area contributed by atoms with Crippen LogP contribution in [0.3, 0.4) is 0 Å². The predicted octanol–water partition coefficient (Wildman–Crippen LogP) is 1.33. The van der Waals surface area contributed by atoms with Crippen molar-refractivity contribution in [3.05, 3.63) is 0 Å². The number of hydrogen-bond donors (Lipinski definition) is 1. The fourth-order valence-corrected chi connectivity index (χ4v) is 1.16. The molecule has 0 fully saturated rings. The molecule has 0 aliphatic carbocycles. The van der Waals surface area contributed by atoms with Gasteiger partial charge in [-0.2, -0.15) is 0 Å². The van der Waals surface area contributed by atoms with E-state index in [1.54, 1.807) is 0 Å². The largest absolute Gasteiger partial charge is 0.468 e. The lowest BCUT2D eigenvalue weighted by Gasteiger charge is -2.13. The first kappa shape index (κ1) is 13.0. The van der Waals surface area contributed by atoms with Crippen LogP contribution in [-0.2, 0) is 9.53 Å². The third-order valence-electron chi connectivity index (χ3n) is 2.03. The third-order valence-corrected chi connectivity index (χ3v) is 2.03. The molecular formula is C11H19NO2. The van der Waals surface area contributed by atoms with Crippen molar-refractivity contribution >= 4 is 5.97 Å². The van der Waals surface area contributed by atoms with Gasteiger partial charge in [0.2, 0.25) is 0 Å². The Bertz CT molecular complexity index is 196. The first-order chi connectivity index (χ1) is 6.76. The standard InChI is InChI=1S/C11H19NO2/c1-4-6-7-8-9-12-10(5-2)11(13)14-3/h1,10,12H,5-9H2,2-3H3. The molecule has 14 heavy (non-hydrogen) atoms. The molecule has 80 valence electrons. The van der Waals surface area contributed by atoms with E-state index in [-0.39, 0.29) is 12.0 Å². The molecule has 0 heterocycles. The van der Waals surface area contributed by atoms with Crippen LogP contribution in [0, 0.1) is 12.3 Å². The Hall–Kier alpha value is -1.01. The van der Waals surface area contributed by atoms with Crippen molar-refractivity contribution in [2.75, 3.05) is 13.7 Å². The van der Waals surface area contributed by atoms with E-state index in [2.05, 4.69) is 16.0 Å². The number of methoxy groups -OCH3 is 1. The summed E-state index contributed by atoms with van der Waals surface area (Å²) in [7, 11) is 1.41. The van der Waals surface area contributed by atoms with Gasteiger partial charge in [-0.05, 0) is 25.8 Å². The van der Waals surface area contributed by atoms with Gasteiger partial charge in [0.15, 0.2) is 0 Å². The number of hydrogen-bond acceptors (Lipinski definition) is 3. The Kier molecular flexibility index (Phi) is 7.96. The van der Waals surface area contributed by atoms with Crippen LogP contribution in [0.5, 0.6) is 0 Å². The summed E-state index contributed by atoms with van der Waals surface area (Å²) in [5.41, 5.74) is 0. The molecule has 1 N–H and O–H groups in total. The maximum atomic E-state index is 11.1. The van der Waals surface area contributed by atoms with Crippen LogP contribution >= 0.6 is 0 Å². The highest BCUT2D eigenvalue weighted by molar-refractivity contribution is 5.75. The summed E-state index contributed by atoms with van der Waals surface area (Å²) in [5, 5.41) is 3.14. The van der Waals surface area contributed by atoms with Gasteiger partial charge >= 0.3 is 5.97 Å². The Labute approximate surface area is 86.2 Å². The van der Waals surface area contributed by atoms with Crippen molar-refractivity contribution in [1.29, 1.82) is 0 Å². The summed E-state index contributed by atoms with van der Waals surface area (Å²) >= 11 is 0. The molecule has 0 aliphatic heterocycles. The van der Waals surface area contributed by atoms with Crippen molar-refractivity contribution < 1.29 is 9.53 Å². The summed E-state index contributed by atoms with van der Waals surface area (Å²) in [6.07, 6.45) is 8.67. The number of unbranched alkanes of at least 4 members (excludes halogenated alkanes) is 2. The van der Waals surface area contributed by atoms with Crippen molar-refractivity contribution in [2.45, 2.75) is 38.6 Å². The van der Waals surface area contributed by atoms with E-state index in [9.17, 15) is 4.79 Å². The Morgan fingerprint density at radius 2 is 2.29 bits per heavy atom. The van der Waals surface area contributed by atoms with Gasteiger partial charge in [0.25, 0.3) is 0 Å². The van der Waals surface area contributed by atoms with Gasteiger partial charge < -0.3 is 10.1 Å². The zero-order valence-electron chi connectivity index (χ0n) is 9.01. The van der Waals surface area contributed by atoms with Gasteiger partial charge in [0, 0.05) is 6.42 Å². The van der Waals surface area contributed by atoms with Gasteiger partial charge in [0.1, 0.15) is 6.04 Å². The summed E-state index contributed by atoms with van der Waals surface area (Å²) in [6, 6.07) is -0.175. The number of carbonyl (C=O) groups excluding carboxylic acids is 1. The van der Waals surface area contributed by atoms with Gasteiger partial charge in [-0.25, -0.2) is 0 Å². The second-order valence-corrected chi connectivity index (χ2v) is 3.10. The monoisotopic (exact) mass is 197 g/mol. The average Bonchev–Trinajstić information content (AvgIpc) is 2.22. The van der Waals surface area contributed by atoms with Crippen LogP contribution in [-0.4, -0.2) is 25.7 Å². The maximum absolute atomic E-state index is 11.1. The second kappa shape index (κ2) is 8.58. The lowest BCUT2D eigenvalue weighted by atomic mass is 10.2. The van der Waals surface area contributed by atoms with E-state index >= 15 is 0 Å². The lowest BCUT2D eigenvalue weighted by molar-refractivity contribution is -0.143. The van der Waals surface area contributed by atoms with Crippen LogP contribution in [0.1, 0.15) is 32.6 Å². The first-order valence-corrected chi connectivity index (χ1v) is 5.00. The van der Waals surface area contributed by atoms with E-state index in [4.69, 9.17) is 6.42 Å². The highest BCUT2D eigenvalue weighted by Crippen LogP contribution is 1.96. The Morgan fingerprint density at radius 3 is 2.79 bits per heavy atom. The van der Waals surface area contributed by atoms with Crippen molar-refractivity contribution in [2.24, 2.45) is 0 Å². The second-order valence-electron chi connectivity index (χ2n) is 3.10. The van der Waals surface area contributed by atoms with E-state index in [0.717, 1.165) is 32.2 Å². The third kappa shape index (κ3) is 5.60. The molecule has 0 saturated heterocycles. The zero-order chi connectivity index (χ0) is 10.8. The molecule has 3 nitrogen and oxygen atoms in total. The molecule has 0 spiro atoms. The van der Waals surface area contributed by atoms with Crippen LogP contribution in [0.25, 0.3) is 0 Å². The SMILES string of the molecule is C#CCCCCNC(CC)C(=O)OC. The number of terminal acetylenes is 1. The molecule has 0 aromatic rings. The number of rotatable bonds is 7. The van der Waals surface area contributed by atoms with Crippen LogP contribution in [0.2, 0.25) is 0 Å². The normalized spacial score (nSPS) is 11.8. The van der Waals surface area contributed by atoms with E-state index < -0.39 is 0 Å². The molecule has 0 aromatic carbocycles. The van der Waals surface area contributed by atoms with Gasteiger partial charge in [-0.3, -0.25) is 4.79 Å². The smallest absolute Gasteiger partial charge is 0.322 e. The van der Waals surface area contributed by atoms with Gasteiger partial charge in [-0.15, -0.1) is 12.3 Å². The number of nitrogens with one attached hydrogen (secondary N) is 1. The topological polar surface area (TPSA) is 38.3 Å². The van der Waals surface area contributed by atoms with Crippen molar-refractivity contribution in [3.63, 3.8) is 0 Å². The fourth-order valence-electron chi connectivity index (χ4n) is 1.16. The summed E-state index contributed by atoms with van der Waals surface area (Å²) in [6.45, 7) is 2.77. The van der Waals surface area contributed by atoms with Crippen LogP contribution in [0.15, 0.2) is 0 Å². The van der Waals surface area contributed by atoms with E-state index in [1.807, 2.05) is 6.92 Å². The Balaban J connectivity index is 3.54. The van der Waals surface area contributed by atoms with E-state index in [0.29, 0.717) is 0 Å². The highest BCUT2D eigenvalue weighted by Gasteiger charge is 2.14. The molecule has 1 unspecified atom stereocenters. The average molecular weight is 197 g/mol. The summed E-state index contributed by atoms with van der Waals surface area (Å²) < 4.78 is 4.65. The molecular weight excluding hydrogens is 178 g/mol. The number of esters is 1. The molecule has 0 radical (unpaired) electrons.